The molecule has 4 rings (SSSR count). The molecule has 2 aromatic rings. The summed E-state index contributed by atoms with van der Waals surface area (Å²) < 4.78 is 35.1. The molecule has 2 aromatic carbocycles. The van der Waals surface area contributed by atoms with E-state index in [1.54, 1.807) is 12.1 Å². The summed E-state index contributed by atoms with van der Waals surface area (Å²) >= 11 is 0. The summed E-state index contributed by atoms with van der Waals surface area (Å²) in [6.45, 7) is -2.93. The molecule has 0 aromatic heterocycles. The zero-order valence-corrected chi connectivity index (χ0v) is 16.1. The lowest BCUT2D eigenvalue weighted by molar-refractivity contribution is -0.113. The van der Waals surface area contributed by atoms with Crippen molar-refractivity contribution in [2.24, 2.45) is 0 Å². The van der Waals surface area contributed by atoms with Gasteiger partial charge in [-0.2, -0.15) is 8.78 Å². The first-order valence-electron chi connectivity index (χ1n) is 10.1. The van der Waals surface area contributed by atoms with Crippen LogP contribution in [0.5, 0.6) is 5.75 Å². The molecule has 2 fully saturated rings. The number of halogens is 2. The van der Waals surface area contributed by atoms with Crippen LogP contribution in [0.3, 0.4) is 0 Å². The number of ether oxygens (including phenoxy) is 2. The highest BCUT2D eigenvalue weighted by atomic mass is 19.3. The highest BCUT2D eigenvalue weighted by Gasteiger charge is 2.31. The van der Waals surface area contributed by atoms with Gasteiger partial charge in [0.15, 0.2) is 0 Å². The molecule has 6 heteroatoms. The van der Waals surface area contributed by atoms with Crippen LogP contribution in [0, 0.1) is 0 Å². The molecule has 1 aliphatic carbocycles. The molecular weight excluding hydrogens is 378 g/mol. The van der Waals surface area contributed by atoms with Crippen LogP contribution < -0.4 is 4.74 Å². The van der Waals surface area contributed by atoms with Crippen molar-refractivity contribution >= 4 is 0 Å². The molecule has 0 spiro atoms. The van der Waals surface area contributed by atoms with Gasteiger partial charge in [-0.05, 0) is 59.6 Å². The first kappa shape index (κ1) is 20.3. The van der Waals surface area contributed by atoms with Gasteiger partial charge < -0.3 is 19.7 Å². The van der Waals surface area contributed by atoms with Crippen LogP contribution in [0.15, 0.2) is 42.5 Å². The van der Waals surface area contributed by atoms with Gasteiger partial charge in [-0.15, -0.1) is 0 Å². The monoisotopic (exact) mass is 404 g/mol. The SMILES string of the molecule is OC[C@@H]1C[C@H](O)C[C@H](c2ccc(C3CC3)c(Cc3ccc(OC(F)F)cc3)c2)O1. The molecule has 1 aliphatic heterocycles. The number of aliphatic hydroxyl groups is 2. The molecular formula is C23H26F2O4. The lowest BCUT2D eigenvalue weighted by atomic mass is 9.90. The van der Waals surface area contributed by atoms with Crippen molar-refractivity contribution < 1.29 is 28.5 Å². The Morgan fingerprint density at radius 3 is 2.48 bits per heavy atom. The predicted molar refractivity (Wildman–Crippen MR) is 104 cm³/mol. The average Bonchev–Trinajstić information content (AvgIpc) is 3.54. The Morgan fingerprint density at radius 2 is 1.83 bits per heavy atom. The summed E-state index contributed by atoms with van der Waals surface area (Å²) in [4.78, 5) is 0. The van der Waals surface area contributed by atoms with Gasteiger partial charge in [-0.3, -0.25) is 0 Å². The summed E-state index contributed by atoms with van der Waals surface area (Å²) in [5.41, 5.74) is 4.52. The molecule has 0 radical (unpaired) electrons. The quantitative estimate of drug-likeness (QED) is 0.721. The largest absolute Gasteiger partial charge is 0.435 e. The Kier molecular flexibility index (Phi) is 6.13. The lowest BCUT2D eigenvalue weighted by Gasteiger charge is -2.33. The van der Waals surface area contributed by atoms with Crippen molar-refractivity contribution in [1.29, 1.82) is 0 Å². The van der Waals surface area contributed by atoms with Gasteiger partial charge in [-0.1, -0.05) is 30.3 Å². The summed E-state index contributed by atoms with van der Waals surface area (Å²) in [6.07, 6.45) is 2.93. The smallest absolute Gasteiger partial charge is 0.387 e. The van der Waals surface area contributed by atoms with E-state index in [1.807, 2.05) is 12.1 Å². The molecule has 156 valence electrons. The third-order valence-corrected chi connectivity index (χ3v) is 5.68. The molecule has 0 unspecified atom stereocenters. The first-order chi connectivity index (χ1) is 14.0. The summed E-state index contributed by atoms with van der Waals surface area (Å²) in [5, 5.41) is 19.6. The number of aliphatic hydroxyl groups excluding tert-OH is 2. The minimum absolute atomic E-state index is 0.104. The van der Waals surface area contributed by atoms with Crippen molar-refractivity contribution in [2.45, 2.75) is 62.9 Å². The van der Waals surface area contributed by atoms with Gasteiger partial charge in [0.05, 0.1) is 24.9 Å². The number of hydrogen-bond donors (Lipinski definition) is 2. The molecule has 3 atom stereocenters. The Morgan fingerprint density at radius 1 is 1.07 bits per heavy atom. The van der Waals surface area contributed by atoms with E-state index in [2.05, 4.69) is 22.9 Å². The van der Waals surface area contributed by atoms with Gasteiger partial charge in [-0.25, -0.2) is 0 Å². The van der Waals surface area contributed by atoms with E-state index < -0.39 is 12.7 Å². The van der Waals surface area contributed by atoms with Crippen LogP contribution in [-0.4, -0.2) is 35.6 Å². The fraction of sp³-hybridized carbons (Fsp3) is 0.478. The molecule has 29 heavy (non-hydrogen) atoms. The van der Waals surface area contributed by atoms with E-state index in [0.717, 1.165) is 11.1 Å². The maximum atomic E-state index is 12.4. The third kappa shape index (κ3) is 5.13. The second kappa shape index (κ2) is 8.78. The minimum Gasteiger partial charge on any atom is -0.435 e. The van der Waals surface area contributed by atoms with Crippen molar-refractivity contribution in [3.05, 3.63) is 64.7 Å². The van der Waals surface area contributed by atoms with Gasteiger partial charge in [0.25, 0.3) is 0 Å². The van der Waals surface area contributed by atoms with E-state index >= 15 is 0 Å². The third-order valence-electron chi connectivity index (χ3n) is 5.68. The molecule has 1 heterocycles. The van der Waals surface area contributed by atoms with Gasteiger partial charge in [0.2, 0.25) is 0 Å². The van der Waals surface area contributed by atoms with Crippen LogP contribution in [0.4, 0.5) is 8.78 Å². The van der Waals surface area contributed by atoms with Crippen LogP contribution in [-0.2, 0) is 11.2 Å². The lowest BCUT2D eigenvalue weighted by Crippen LogP contribution is -2.33. The Labute approximate surface area is 169 Å². The fourth-order valence-electron chi connectivity index (χ4n) is 4.10. The van der Waals surface area contributed by atoms with E-state index in [4.69, 9.17) is 4.74 Å². The standard InChI is InChI=1S/C23H26F2O4/c24-23(25)29-19-6-1-14(2-7-19)9-17-10-16(5-8-21(17)15-3-4-15)22-12-18(27)11-20(13-26)28-22/h1-2,5-8,10,15,18,20,22-23,26-27H,3-4,9,11-13H2/t18-,20-,22+/m0/s1. The Bertz CT molecular complexity index is 820. The van der Waals surface area contributed by atoms with Gasteiger partial charge in [0.1, 0.15) is 5.75 Å². The van der Waals surface area contributed by atoms with Crippen LogP contribution >= 0.6 is 0 Å². The zero-order valence-electron chi connectivity index (χ0n) is 16.1. The van der Waals surface area contributed by atoms with Gasteiger partial charge >= 0.3 is 6.61 Å². The number of benzene rings is 2. The van der Waals surface area contributed by atoms with Crippen molar-refractivity contribution in [3.8, 4) is 5.75 Å². The zero-order chi connectivity index (χ0) is 20.4. The highest BCUT2D eigenvalue weighted by molar-refractivity contribution is 5.41. The molecule has 2 aliphatic rings. The number of hydrogen-bond acceptors (Lipinski definition) is 4. The van der Waals surface area contributed by atoms with Crippen molar-refractivity contribution in [2.75, 3.05) is 6.61 Å². The maximum Gasteiger partial charge on any atom is 0.387 e. The van der Waals surface area contributed by atoms with Crippen LogP contribution in [0.2, 0.25) is 0 Å². The predicted octanol–water partition coefficient (Wildman–Crippen LogP) is 4.33. The van der Waals surface area contributed by atoms with Crippen LogP contribution in [0.1, 0.15) is 60.0 Å². The van der Waals surface area contributed by atoms with Crippen LogP contribution in [0.25, 0.3) is 0 Å². The summed E-state index contributed by atoms with van der Waals surface area (Å²) in [7, 11) is 0. The second-order valence-electron chi connectivity index (χ2n) is 7.99. The normalized spacial score (nSPS) is 24.7. The first-order valence-corrected chi connectivity index (χ1v) is 10.1. The minimum atomic E-state index is -2.83. The molecule has 1 saturated carbocycles. The van der Waals surface area contributed by atoms with Crippen molar-refractivity contribution in [3.63, 3.8) is 0 Å². The van der Waals surface area contributed by atoms with E-state index in [-0.39, 0.29) is 24.6 Å². The number of alkyl halides is 2. The summed E-state index contributed by atoms with van der Waals surface area (Å²) in [5.74, 6) is 0.725. The molecule has 0 bridgehead atoms. The Hall–Kier alpha value is -2.02. The summed E-state index contributed by atoms with van der Waals surface area (Å²) in [6, 6.07) is 13.1. The van der Waals surface area contributed by atoms with E-state index in [0.29, 0.717) is 25.2 Å². The maximum absolute atomic E-state index is 12.4. The molecule has 1 saturated heterocycles. The molecule has 2 N–H and O–H groups in total. The second-order valence-corrected chi connectivity index (χ2v) is 7.99. The van der Waals surface area contributed by atoms with E-state index in [9.17, 15) is 19.0 Å². The number of rotatable bonds is 7. The topological polar surface area (TPSA) is 58.9 Å². The molecule has 0 amide bonds. The Balaban J connectivity index is 1.56. The van der Waals surface area contributed by atoms with Gasteiger partial charge in [0, 0.05) is 12.8 Å². The fourth-order valence-corrected chi connectivity index (χ4v) is 4.10. The molecule has 4 nitrogen and oxygen atoms in total. The average molecular weight is 404 g/mol. The van der Waals surface area contributed by atoms with E-state index in [1.165, 1.54) is 24.0 Å². The highest BCUT2D eigenvalue weighted by Crippen LogP contribution is 2.43. The van der Waals surface area contributed by atoms with Crippen molar-refractivity contribution in [1.82, 2.24) is 0 Å².